The third-order valence-corrected chi connectivity index (χ3v) is 7.48. The molecule has 0 N–H and O–H groups in total. The van der Waals surface area contributed by atoms with Crippen molar-refractivity contribution >= 4 is 39.3 Å². The average Bonchev–Trinajstić information content (AvgIpc) is 3.17. The van der Waals surface area contributed by atoms with Crippen LogP contribution in [0.5, 0.6) is 5.75 Å². The summed E-state index contributed by atoms with van der Waals surface area (Å²) in [6.45, 7) is 8.11. The summed E-state index contributed by atoms with van der Waals surface area (Å²) in [5, 5.41) is 0. The number of carbonyl (C=O) groups excluding carboxylic acids is 1. The summed E-state index contributed by atoms with van der Waals surface area (Å²) in [4.78, 5) is 32.1. The van der Waals surface area contributed by atoms with E-state index >= 15 is 0 Å². The number of halogens is 1. The molecule has 0 spiro atoms. The van der Waals surface area contributed by atoms with Gasteiger partial charge in [-0.15, -0.1) is 6.42 Å². The van der Waals surface area contributed by atoms with Gasteiger partial charge in [0.2, 0.25) is 0 Å². The van der Waals surface area contributed by atoms with Gasteiger partial charge in [-0.25, -0.2) is 9.79 Å². The lowest BCUT2D eigenvalue weighted by Crippen LogP contribution is -2.39. The van der Waals surface area contributed by atoms with Crippen molar-refractivity contribution in [3.8, 4) is 18.1 Å². The van der Waals surface area contributed by atoms with Crippen LogP contribution in [0.3, 0.4) is 0 Å². The number of ether oxygens (including phenoxy) is 2. The molecular weight excluding hydrogens is 552 g/mol. The normalized spacial score (nSPS) is 15.3. The van der Waals surface area contributed by atoms with E-state index in [0.29, 0.717) is 37.8 Å². The minimum absolute atomic E-state index is 0.109. The van der Waals surface area contributed by atoms with Gasteiger partial charge in [0.15, 0.2) is 4.80 Å². The third kappa shape index (κ3) is 5.48. The molecule has 1 aliphatic heterocycles. The molecule has 0 amide bonds. The second-order valence-electron chi connectivity index (χ2n) is 8.80. The molecule has 1 atom stereocenters. The summed E-state index contributed by atoms with van der Waals surface area (Å²) < 4.78 is 13.9. The number of allylic oxidation sites excluding steroid dienone is 1. The Morgan fingerprint density at radius 2 is 2.00 bits per heavy atom. The number of esters is 1. The summed E-state index contributed by atoms with van der Waals surface area (Å²) in [6.07, 6.45) is 7.13. The Kier molecular flexibility index (Phi) is 8.16. The SMILES string of the molecule is C#CCOc1ccc(Br)cc1/C=c1\sc2n(c1=O)[C@H](c1ccc(C(C)C)cc1)C(C(=O)OCC)=C(C)N=2. The van der Waals surface area contributed by atoms with E-state index < -0.39 is 12.0 Å². The minimum atomic E-state index is -0.654. The van der Waals surface area contributed by atoms with Crippen LogP contribution >= 0.6 is 27.3 Å². The van der Waals surface area contributed by atoms with Gasteiger partial charge in [0.1, 0.15) is 12.4 Å². The molecule has 3 aromatic rings. The number of hydrogen-bond acceptors (Lipinski definition) is 6. The molecule has 4 rings (SSSR count). The number of nitrogens with zero attached hydrogens (tertiary/aromatic N) is 2. The van der Waals surface area contributed by atoms with Crippen molar-refractivity contribution < 1.29 is 14.3 Å². The lowest BCUT2D eigenvalue weighted by molar-refractivity contribution is -0.139. The molecule has 1 aromatic heterocycles. The largest absolute Gasteiger partial charge is 0.480 e. The molecule has 6 nitrogen and oxygen atoms in total. The summed E-state index contributed by atoms with van der Waals surface area (Å²) in [6, 6.07) is 12.9. The molecule has 0 unspecified atom stereocenters. The first kappa shape index (κ1) is 26.6. The standard InChI is InChI=1S/C29H27BrN2O4S/c1-6-14-36-23-13-12-22(30)15-21(23)16-24-27(33)32-26(20-10-8-19(9-11-20)17(3)4)25(28(34)35-7-2)18(5)31-29(32)37-24/h1,8-13,15-17,26H,7,14H2,2-5H3/b24-16-/t26-/m1/s1. The zero-order chi connectivity index (χ0) is 26.7. The molecule has 0 radical (unpaired) electrons. The van der Waals surface area contributed by atoms with Crippen molar-refractivity contribution in [1.82, 2.24) is 4.57 Å². The Labute approximate surface area is 228 Å². The second-order valence-corrected chi connectivity index (χ2v) is 10.7. The summed E-state index contributed by atoms with van der Waals surface area (Å²) >= 11 is 4.75. The number of hydrogen-bond donors (Lipinski definition) is 0. The van der Waals surface area contributed by atoms with E-state index in [0.717, 1.165) is 10.0 Å². The third-order valence-electron chi connectivity index (χ3n) is 6.01. The number of terminal acetylenes is 1. The van der Waals surface area contributed by atoms with Crippen molar-refractivity contribution in [2.24, 2.45) is 4.99 Å². The van der Waals surface area contributed by atoms with Crippen LogP contribution in [-0.4, -0.2) is 23.8 Å². The van der Waals surface area contributed by atoms with E-state index in [9.17, 15) is 9.59 Å². The van der Waals surface area contributed by atoms with Gasteiger partial charge in [-0.2, -0.15) is 0 Å². The molecule has 8 heteroatoms. The maximum atomic E-state index is 13.8. The van der Waals surface area contributed by atoms with Crippen molar-refractivity contribution in [2.75, 3.05) is 13.2 Å². The van der Waals surface area contributed by atoms with Crippen LogP contribution in [0.4, 0.5) is 0 Å². The number of thiazole rings is 1. The Hall–Kier alpha value is -3.41. The van der Waals surface area contributed by atoms with Gasteiger partial charge >= 0.3 is 5.97 Å². The predicted octanol–water partition coefficient (Wildman–Crippen LogP) is 4.70. The number of benzene rings is 2. The molecule has 1 aliphatic rings. The lowest BCUT2D eigenvalue weighted by atomic mass is 9.93. The summed E-state index contributed by atoms with van der Waals surface area (Å²) in [7, 11) is 0. The fourth-order valence-corrected chi connectivity index (χ4v) is 5.61. The number of rotatable bonds is 7. The first-order valence-corrected chi connectivity index (χ1v) is 13.5. The van der Waals surface area contributed by atoms with Gasteiger partial charge in [0.05, 0.1) is 28.5 Å². The van der Waals surface area contributed by atoms with Crippen molar-refractivity contribution in [3.63, 3.8) is 0 Å². The zero-order valence-corrected chi connectivity index (χ0v) is 23.5. The summed E-state index contributed by atoms with van der Waals surface area (Å²) in [5.74, 6) is 2.91. The Morgan fingerprint density at radius 3 is 2.65 bits per heavy atom. The van der Waals surface area contributed by atoms with Gasteiger partial charge in [0, 0.05) is 10.0 Å². The maximum absolute atomic E-state index is 13.8. The highest BCUT2D eigenvalue weighted by molar-refractivity contribution is 9.10. The molecule has 2 heterocycles. The van der Waals surface area contributed by atoms with Crippen LogP contribution in [0.25, 0.3) is 6.08 Å². The van der Waals surface area contributed by atoms with Crippen LogP contribution < -0.4 is 19.6 Å². The fourth-order valence-electron chi connectivity index (χ4n) is 4.19. The van der Waals surface area contributed by atoms with Crippen molar-refractivity contribution in [1.29, 1.82) is 0 Å². The molecule has 190 valence electrons. The molecular formula is C29H27BrN2O4S. The topological polar surface area (TPSA) is 69.9 Å². The van der Waals surface area contributed by atoms with Crippen LogP contribution in [0.1, 0.15) is 56.3 Å². The van der Waals surface area contributed by atoms with Gasteiger partial charge in [-0.05, 0) is 55.2 Å². The average molecular weight is 580 g/mol. The molecule has 0 bridgehead atoms. The predicted molar refractivity (Wildman–Crippen MR) is 149 cm³/mol. The van der Waals surface area contributed by atoms with E-state index in [2.05, 4.69) is 40.7 Å². The lowest BCUT2D eigenvalue weighted by Gasteiger charge is -2.25. The van der Waals surface area contributed by atoms with E-state index in [1.165, 1.54) is 16.9 Å². The molecule has 0 aliphatic carbocycles. The first-order valence-electron chi connectivity index (χ1n) is 11.9. The highest BCUT2D eigenvalue weighted by Crippen LogP contribution is 2.31. The first-order chi connectivity index (χ1) is 17.7. The zero-order valence-electron chi connectivity index (χ0n) is 21.1. The molecule has 2 aromatic carbocycles. The Morgan fingerprint density at radius 1 is 1.27 bits per heavy atom. The number of aromatic nitrogens is 1. The highest BCUT2D eigenvalue weighted by Gasteiger charge is 2.33. The van der Waals surface area contributed by atoms with Gasteiger partial charge in [0.25, 0.3) is 5.56 Å². The van der Waals surface area contributed by atoms with Crippen LogP contribution in [0.2, 0.25) is 0 Å². The van der Waals surface area contributed by atoms with Gasteiger partial charge in [-0.1, -0.05) is 71.3 Å². The van der Waals surface area contributed by atoms with Crippen molar-refractivity contribution in [2.45, 2.75) is 39.7 Å². The summed E-state index contributed by atoms with van der Waals surface area (Å²) in [5.41, 5.74) is 3.33. The van der Waals surface area contributed by atoms with Gasteiger partial charge < -0.3 is 9.47 Å². The van der Waals surface area contributed by atoms with E-state index in [-0.39, 0.29) is 18.8 Å². The molecule has 0 fully saturated rings. The van der Waals surface area contributed by atoms with Crippen LogP contribution in [0, 0.1) is 12.3 Å². The van der Waals surface area contributed by atoms with E-state index in [1.54, 1.807) is 30.6 Å². The molecule has 0 saturated heterocycles. The molecule has 0 saturated carbocycles. The number of carbonyl (C=O) groups is 1. The van der Waals surface area contributed by atoms with Gasteiger partial charge in [-0.3, -0.25) is 9.36 Å². The molecule has 37 heavy (non-hydrogen) atoms. The maximum Gasteiger partial charge on any atom is 0.338 e. The minimum Gasteiger partial charge on any atom is -0.480 e. The highest BCUT2D eigenvalue weighted by atomic mass is 79.9. The van der Waals surface area contributed by atoms with Crippen molar-refractivity contribution in [3.05, 3.63) is 94.6 Å². The quantitative estimate of drug-likeness (QED) is 0.301. The Balaban J connectivity index is 1.93. The van der Waals surface area contributed by atoms with E-state index in [4.69, 9.17) is 15.9 Å². The second kappa shape index (κ2) is 11.3. The number of fused-ring (bicyclic) bond motifs is 1. The van der Waals surface area contributed by atoms with Crippen LogP contribution in [-0.2, 0) is 9.53 Å². The monoisotopic (exact) mass is 578 g/mol. The fraction of sp³-hybridized carbons (Fsp3) is 0.276. The smallest absolute Gasteiger partial charge is 0.338 e. The van der Waals surface area contributed by atoms with Crippen LogP contribution in [0.15, 0.2) is 68.0 Å². The Bertz CT molecular complexity index is 1590. The van der Waals surface area contributed by atoms with E-state index in [1.807, 2.05) is 36.4 Å².